The molecular weight excluding hydrogens is 328 g/mol. The number of para-hydroxylation sites is 1. The van der Waals surface area contributed by atoms with Crippen LogP contribution >= 0.6 is 0 Å². The van der Waals surface area contributed by atoms with Crippen molar-refractivity contribution >= 4 is 28.0 Å². The van der Waals surface area contributed by atoms with Crippen LogP contribution in [0.1, 0.15) is 5.69 Å². The molecule has 4 aromatic rings. The molecule has 0 saturated heterocycles. The Balaban J connectivity index is 1.99. The van der Waals surface area contributed by atoms with Gasteiger partial charge in [0.2, 0.25) is 0 Å². The van der Waals surface area contributed by atoms with Crippen molar-refractivity contribution in [3.63, 3.8) is 0 Å². The fraction of sp³-hybridized carbons (Fsp3) is 0.150. The van der Waals surface area contributed by atoms with Crippen LogP contribution in [0.2, 0.25) is 0 Å². The van der Waals surface area contributed by atoms with Gasteiger partial charge in [0.05, 0.1) is 16.7 Å². The van der Waals surface area contributed by atoms with E-state index >= 15 is 0 Å². The predicted molar refractivity (Wildman–Crippen MR) is 101 cm³/mol. The molecule has 0 fully saturated rings. The monoisotopic (exact) mass is 346 g/mol. The highest BCUT2D eigenvalue weighted by Gasteiger charge is 2.17. The molecule has 0 unspecified atom stereocenters. The molecule has 0 saturated carbocycles. The Morgan fingerprint density at radius 3 is 2.58 bits per heavy atom. The van der Waals surface area contributed by atoms with Gasteiger partial charge >= 0.3 is 6.09 Å². The fourth-order valence-corrected chi connectivity index (χ4v) is 3.28. The van der Waals surface area contributed by atoms with Crippen LogP contribution in [0.3, 0.4) is 0 Å². The first-order chi connectivity index (χ1) is 12.6. The molecule has 0 bridgehead atoms. The number of imidazole rings is 1. The number of rotatable bonds is 4. The Morgan fingerprint density at radius 2 is 1.81 bits per heavy atom. The number of carbonyl (C=O) groups is 1. The van der Waals surface area contributed by atoms with Crippen molar-refractivity contribution in [1.82, 2.24) is 19.9 Å². The molecule has 4 rings (SSSR count). The Kier molecular flexibility index (Phi) is 4.01. The van der Waals surface area contributed by atoms with E-state index in [1.165, 1.54) is 0 Å². The van der Waals surface area contributed by atoms with Crippen LogP contribution in [-0.2, 0) is 6.54 Å². The molecule has 0 aliphatic carbocycles. The van der Waals surface area contributed by atoms with Crippen molar-refractivity contribution in [1.29, 1.82) is 0 Å². The van der Waals surface area contributed by atoms with Crippen molar-refractivity contribution < 1.29 is 9.90 Å². The summed E-state index contributed by atoms with van der Waals surface area (Å²) in [4.78, 5) is 20.4. The molecule has 6 heteroatoms. The second-order valence-electron chi connectivity index (χ2n) is 6.10. The molecule has 26 heavy (non-hydrogen) atoms. The molecule has 0 spiro atoms. The van der Waals surface area contributed by atoms with Gasteiger partial charge in [0.15, 0.2) is 0 Å². The maximum atomic E-state index is 10.9. The molecule has 1 amide bonds. The number of carboxylic acid groups (broad SMARTS) is 1. The summed E-state index contributed by atoms with van der Waals surface area (Å²) in [5.41, 5.74) is 4.59. The Hall–Kier alpha value is -3.41. The highest BCUT2D eigenvalue weighted by atomic mass is 16.4. The SMILES string of the molecule is Cc1nc2ccccc2c2c1nc(-c1ccccc1)n2CCNC(=O)O. The van der Waals surface area contributed by atoms with E-state index in [4.69, 9.17) is 10.1 Å². The minimum absolute atomic E-state index is 0.302. The lowest BCUT2D eigenvalue weighted by atomic mass is 10.1. The lowest BCUT2D eigenvalue weighted by Crippen LogP contribution is -2.25. The number of nitrogens with zero attached hydrogens (tertiary/aromatic N) is 3. The van der Waals surface area contributed by atoms with E-state index in [0.29, 0.717) is 13.1 Å². The lowest BCUT2D eigenvalue weighted by Gasteiger charge is -2.11. The van der Waals surface area contributed by atoms with E-state index in [9.17, 15) is 4.79 Å². The van der Waals surface area contributed by atoms with Gasteiger partial charge in [0.1, 0.15) is 11.3 Å². The zero-order chi connectivity index (χ0) is 18.1. The van der Waals surface area contributed by atoms with Gasteiger partial charge in [-0.3, -0.25) is 4.98 Å². The summed E-state index contributed by atoms with van der Waals surface area (Å²) in [7, 11) is 0. The van der Waals surface area contributed by atoms with Gasteiger partial charge in [-0.25, -0.2) is 9.78 Å². The summed E-state index contributed by atoms with van der Waals surface area (Å²) in [5.74, 6) is 0.814. The maximum Gasteiger partial charge on any atom is 0.404 e. The van der Waals surface area contributed by atoms with Gasteiger partial charge in [-0.05, 0) is 13.0 Å². The van der Waals surface area contributed by atoms with E-state index in [-0.39, 0.29) is 0 Å². The van der Waals surface area contributed by atoms with Crippen LogP contribution in [0, 0.1) is 6.92 Å². The number of amides is 1. The van der Waals surface area contributed by atoms with Gasteiger partial charge in [0.25, 0.3) is 0 Å². The van der Waals surface area contributed by atoms with E-state index in [1.807, 2.05) is 61.5 Å². The van der Waals surface area contributed by atoms with Crippen LogP contribution in [0.5, 0.6) is 0 Å². The zero-order valence-corrected chi connectivity index (χ0v) is 14.3. The van der Waals surface area contributed by atoms with E-state index < -0.39 is 6.09 Å². The number of aromatic nitrogens is 3. The zero-order valence-electron chi connectivity index (χ0n) is 14.3. The van der Waals surface area contributed by atoms with Crippen LogP contribution in [-0.4, -0.2) is 32.3 Å². The average molecular weight is 346 g/mol. The number of benzene rings is 2. The second kappa shape index (κ2) is 6.48. The van der Waals surface area contributed by atoms with Crippen LogP contribution in [0.25, 0.3) is 33.3 Å². The first-order valence-electron chi connectivity index (χ1n) is 8.43. The van der Waals surface area contributed by atoms with Crippen molar-refractivity contribution in [2.45, 2.75) is 13.5 Å². The normalized spacial score (nSPS) is 11.1. The third kappa shape index (κ3) is 2.75. The molecule has 6 nitrogen and oxygen atoms in total. The second-order valence-corrected chi connectivity index (χ2v) is 6.10. The quantitative estimate of drug-likeness (QED) is 0.588. The van der Waals surface area contributed by atoms with Crippen molar-refractivity contribution in [3.8, 4) is 11.4 Å². The Morgan fingerprint density at radius 1 is 1.08 bits per heavy atom. The average Bonchev–Trinajstić information content (AvgIpc) is 3.03. The largest absolute Gasteiger partial charge is 0.465 e. The van der Waals surface area contributed by atoms with Crippen molar-refractivity contribution in [3.05, 3.63) is 60.3 Å². The summed E-state index contributed by atoms with van der Waals surface area (Å²) < 4.78 is 2.08. The third-order valence-electron chi connectivity index (χ3n) is 4.40. The van der Waals surface area contributed by atoms with E-state index in [1.54, 1.807) is 0 Å². The summed E-state index contributed by atoms with van der Waals surface area (Å²) in [5, 5.41) is 12.4. The van der Waals surface area contributed by atoms with Gasteiger partial charge in [-0.2, -0.15) is 0 Å². The van der Waals surface area contributed by atoms with Gasteiger partial charge in [-0.1, -0.05) is 48.5 Å². The number of nitrogens with one attached hydrogen (secondary N) is 1. The number of hydrogen-bond acceptors (Lipinski definition) is 3. The first-order valence-corrected chi connectivity index (χ1v) is 8.43. The standard InChI is InChI=1S/C20H18N4O2/c1-13-17-18(15-9-5-6-10-16(15)22-13)24(12-11-21-20(25)26)19(23-17)14-7-3-2-4-8-14/h2-10,21H,11-12H2,1H3,(H,25,26). The topological polar surface area (TPSA) is 80.0 Å². The van der Waals surface area contributed by atoms with Crippen molar-refractivity contribution in [2.24, 2.45) is 0 Å². The van der Waals surface area contributed by atoms with Crippen LogP contribution in [0.4, 0.5) is 4.79 Å². The molecule has 0 aliphatic rings. The summed E-state index contributed by atoms with van der Waals surface area (Å²) in [6, 6.07) is 17.9. The lowest BCUT2D eigenvalue weighted by molar-refractivity contribution is 0.194. The number of hydrogen-bond donors (Lipinski definition) is 2. The number of aryl methyl sites for hydroxylation is 1. The maximum absolute atomic E-state index is 10.9. The van der Waals surface area contributed by atoms with Gasteiger partial charge < -0.3 is 15.0 Å². The molecule has 2 N–H and O–H groups in total. The van der Waals surface area contributed by atoms with Crippen LogP contribution < -0.4 is 5.32 Å². The molecule has 0 atom stereocenters. The predicted octanol–water partition coefficient (Wildman–Crippen LogP) is 3.83. The van der Waals surface area contributed by atoms with E-state index in [0.717, 1.165) is 39.0 Å². The fourth-order valence-electron chi connectivity index (χ4n) is 3.28. The molecule has 0 aliphatic heterocycles. The molecule has 2 aromatic heterocycles. The summed E-state index contributed by atoms with van der Waals surface area (Å²) in [6.45, 7) is 2.74. The Bertz CT molecular complexity index is 1100. The van der Waals surface area contributed by atoms with E-state index in [2.05, 4.69) is 14.9 Å². The van der Waals surface area contributed by atoms with Crippen LogP contribution in [0.15, 0.2) is 54.6 Å². The third-order valence-corrected chi connectivity index (χ3v) is 4.40. The first kappa shape index (κ1) is 16.1. The van der Waals surface area contributed by atoms with Gasteiger partial charge in [-0.15, -0.1) is 0 Å². The molecule has 130 valence electrons. The number of pyridine rings is 1. The molecular formula is C20H18N4O2. The highest BCUT2D eigenvalue weighted by Crippen LogP contribution is 2.31. The Labute approximate surface area is 150 Å². The highest BCUT2D eigenvalue weighted by molar-refractivity contribution is 6.04. The molecule has 2 aromatic carbocycles. The summed E-state index contributed by atoms with van der Waals surface area (Å²) in [6.07, 6.45) is -1.03. The summed E-state index contributed by atoms with van der Waals surface area (Å²) >= 11 is 0. The van der Waals surface area contributed by atoms with Gasteiger partial charge in [0, 0.05) is 24.0 Å². The number of fused-ring (bicyclic) bond motifs is 3. The molecule has 0 radical (unpaired) electrons. The smallest absolute Gasteiger partial charge is 0.404 e. The molecule has 2 heterocycles. The minimum Gasteiger partial charge on any atom is -0.465 e. The minimum atomic E-state index is -1.03. The van der Waals surface area contributed by atoms with Crippen molar-refractivity contribution in [2.75, 3.05) is 6.54 Å².